The van der Waals surface area contributed by atoms with E-state index in [1.54, 1.807) is 0 Å². The van der Waals surface area contributed by atoms with Crippen LogP contribution in [0.25, 0.3) is 0 Å². The molecule has 2 fully saturated rings. The molecule has 2 aliphatic rings. The quantitative estimate of drug-likeness (QED) is 0.702. The monoisotopic (exact) mass is 184 g/mol. The summed E-state index contributed by atoms with van der Waals surface area (Å²) in [6.45, 7) is 7.80. The van der Waals surface area contributed by atoms with Crippen molar-refractivity contribution in [2.45, 2.75) is 31.9 Å². The fraction of sp³-hybridized carbons (Fsp3) is 1.00. The lowest BCUT2D eigenvalue weighted by atomic mass is 10.2. The Bertz CT molecular complexity index is 160. The van der Waals surface area contributed by atoms with Gasteiger partial charge in [-0.3, -0.25) is 5.32 Å². The standard InChI is InChI=1S/C10H20N2O/c1-10(11-5-9-13-10)4-8-12-6-2-3-7-12/h11H,2-9H2,1H3. The zero-order chi connectivity index (χ0) is 9.15. The highest BCUT2D eigenvalue weighted by molar-refractivity contribution is 4.80. The summed E-state index contributed by atoms with van der Waals surface area (Å²) in [5, 5.41) is 3.41. The van der Waals surface area contributed by atoms with Gasteiger partial charge in [-0.05, 0) is 32.9 Å². The van der Waals surface area contributed by atoms with Gasteiger partial charge in [-0.2, -0.15) is 0 Å². The van der Waals surface area contributed by atoms with Crippen LogP contribution in [0.15, 0.2) is 0 Å². The molecule has 0 aliphatic carbocycles. The summed E-state index contributed by atoms with van der Waals surface area (Å²) < 4.78 is 5.66. The van der Waals surface area contributed by atoms with Crippen molar-refractivity contribution >= 4 is 0 Å². The first-order valence-corrected chi connectivity index (χ1v) is 5.40. The van der Waals surface area contributed by atoms with E-state index in [1.807, 2.05) is 0 Å². The first-order valence-electron chi connectivity index (χ1n) is 5.40. The summed E-state index contributed by atoms with van der Waals surface area (Å²) >= 11 is 0. The fourth-order valence-electron chi connectivity index (χ4n) is 2.18. The molecule has 0 bridgehead atoms. The van der Waals surface area contributed by atoms with E-state index in [0.29, 0.717) is 0 Å². The highest BCUT2D eigenvalue weighted by Crippen LogP contribution is 2.18. The van der Waals surface area contributed by atoms with Gasteiger partial charge in [0.1, 0.15) is 5.72 Å². The number of hydrogen-bond acceptors (Lipinski definition) is 3. The summed E-state index contributed by atoms with van der Waals surface area (Å²) in [4.78, 5) is 2.54. The van der Waals surface area contributed by atoms with Gasteiger partial charge in [0.2, 0.25) is 0 Å². The summed E-state index contributed by atoms with van der Waals surface area (Å²) in [5.74, 6) is 0. The van der Waals surface area contributed by atoms with Crippen molar-refractivity contribution in [3.63, 3.8) is 0 Å². The number of rotatable bonds is 3. The summed E-state index contributed by atoms with van der Waals surface area (Å²) in [6.07, 6.45) is 3.88. The van der Waals surface area contributed by atoms with Gasteiger partial charge in [0.15, 0.2) is 0 Å². The van der Waals surface area contributed by atoms with Gasteiger partial charge >= 0.3 is 0 Å². The molecule has 13 heavy (non-hydrogen) atoms. The molecule has 2 heterocycles. The molecule has 0 aromatic heterocycles. The molecule has 3 nitrogen and oxygen atoms in total. The zero-order valence-electron chi connectivity index (χ0n) is 8.51. The normalized spacial score (nSPS) is 35.8. The van der Waals surface area contributed by atoms with Gasteiger partial charge in [-0.15, -0.1) is 0 Å². The van der Waals surface area contributed by atoms with E-state index in [9.17, 15) is 0 Å². The lowest BCUT2D eigenvalue weighted by Gasteiger charge is -2.26. The second-order valence-corrected chi connectivity index (χ2v) is 4.30. The molecule has 0 aromatic rings. The Labute approximate surface area is 80.4 Å². The smallest absolute Gasteiger partial charge is 0.117 e. The molecule has 2 aliphatic heterocycles. The van der Waals surface area contributed by atoms with Crippen LogP contribution in [0.5, 0.6) is 0 Å². The molecule has 0 saturated carbocycles. The minimum absolute atomic E-state index is 0.0391. The minimum atomic E-state index is -0.0391. The highest BCUT2D eigenvalue weighted by Gasteiger charge is 2.29. The molecule has 0 spiro atoms. The molecule has 1 atom stereocenters. The third-order valence-electron chi connectivity index (χ3n) is 3.13. The van der Waals surface area contributed by atoms with Crippen LogP contribution < -0.4 is 5.32 Å². The van der Waals surface area contributed by atoms with Gasteiger partial charge in [0, 0.05) is 19.5 Å². The molecule has 2 rings (SSSR count). The molecule has 1 N–H and O–H groups in total. The molecular weight excluding hydrogens is 164 g/mol. The molecule has 0 radical (unpaired) electrons. The average molecular weight is 184 g/mol. The highest BCUT2D eigenvalue weighted by atomic mass is 16.5. The molecule has 3 heteroatoms. The van der Waals surface area contributed by atoms with Crippen LogP contribution in [0, 0.1) is 0 Å². The third kappa shape index (κ3) is 2.42. The van der Waals surface area contributed by atoms with E-state index in [2.05, 4.69) is 17.1 Å². The van der Waals surface area contributed by atoms with Crippen molar-refractivity contribution in [2.75, 3.05) is 32.8 Å². The largest absolute Gasteiger partial charge is 0.360 e. The van der Waals surface area contributed by atoms with Crippen LogP contribution in [0.3, 0.4) is 0 Å². The number of likely N-dealkylation sites (tertiary alicyclic amines) is 1. The van der Waals surface area contributed by atoms with Gasteiger partial charge in [-0.25, -0.2) is 0 Å². The molecular formula is C10H20N2O. The van der Waals surface area contributed by atoms with Gasteiger partial charge in [-0.1, -0.05) is 0 Å². The van der Waals surface area contributed by atoms with E-state index < -0.39 is 0 Å². The van der Waals surface area contributed by atoms with Crippen LogP contribution in [-0.2, 0) is 4.74 Å². The van der Waals surface area contributed by atoms with Gasteiger partial charge < -0.3 is 9.64 Å². The maximum atomic E-state index is 5.66. The van der Waals surface area contributed by atoms with Crippen molar-refractivity contribution in [2.24, 2.45) is 0 Å². The minimum Gasteiger partial charge on any atom is -0.360 e. The van der Waals surface area contributed by atoms with Crippen molar-refractivity contribution in [1.29, 1.82) is 0 Å². The number of nitrogens with one attached hydrogen (secondary N) is 1. The first-order chi connectivity index (χ1) is 6.29. The molecule has 0 amide bonds. The molecule has 1 unspecified atom stereocenters. The predicted molar refractivity (Wildman–Crippen MR) is 52.7 cm³/mol. The first kappa shape index (κ1) is 9.44. The number of nitrogens with zero attached hydrogens (tertiary/aromatic N) is 1. The Hall–Kier alpha value is -0.120. The lowest BCUT2D eigenvalue weighted by molar-refractivity contribution is -0.00641. The second kappa shape index (κ2) is 3.95. The van der Waals surface area contributed by atoms with E-state index in [0.717, 1.165) is 19.6 Å². The Morgan fingerprint density at radius 3 is 2.77 bits per heavy atom. The fourth-order valence-corrected chi connectivity index (χ4v) is 2.18. The number of ether oxygens (including phenoxy) is 1. The van der Waals surface area contributed by atoms with Crippen molar-refractivity contribution < 1.29 is 4.74 Å². The summed E-state index contributed by atoms with van der Waals surface area (Å²) in [5.41, 5.74) is -0.0391. The molecule has 0 aromatic carbocycles. The van der Waals surface area contributed by atoms with Crippen molar-refractivity contribution in [1.82, 2.24) is 10.2 Å². The Morgan fingerprint density at radius 1 is 1.38 bits per heavy atom. The van der Waals surface area contributed by atoms with Crippen LogP contribution in [0.1, 0.15) is 26.2 Å². The van der Waals surface area contributed by atoms with E-state index in [-0.39, 0.29) is 5.72 Å². The Morgan fingerprint density at radius 2 is 2.15 bits per heavy atom. The number of hydrogen-bond donors (Lipinski definition) is 1. The van der Waals surface area contributed by atoms with Crippen molar-refractivity contribution in [3.8, 4) is 0 Å². The maximum Gasteiger partial charge on any atom is 0.117 e. The van der Waals surface area contributed by atoms with Crippen molar-refractivity contribution in [3.05, 3.63) is 0 Å². The third-order valence-corrected chi connectivity index (χ3v) is 3.13. The van der Waals surface area contributed by atoms with Gasteiger partial charge in [0.25, 0.3) is 0 Å². The van der Waals surface area contributed by atoms with Crippen LogP contribution >= 0.6 is 0 Å². The summed E-state index contributed by atoms with van der Waals surface area (Å²) in [7, 11) is 0. The Kier molecular flexibility index (Phi) is 2.86. The predicted octanol–water partition coefficient (Wildman–Crippen LogP) is 0.808. The van der Waals surface area contributed by atoms with Crippen LogP contribution in [0.2, 0.25) is 0 Å². The zero-order valence-corrected chi connectivity index (χ0v) is 8.51. The maximum absolute atomic E-state index is 5.66. The second-order valence-electron chi connectivity index (χ2n) is 4.30. The van der Waals surface area contributed by atoms with E-state index in [4.69, 9.17) is 4.74 Å². The average Bonchev–Trinajstić information content (AvgIpc) is 2.72. The van der Waals surface area contributed by atoms with Gasteiger partial charge in [0.05, 0.1) is 6.61 Å². The molecule has 2 saturated heterocycles. The van der Waals surface area contributed by atoms with Crippen LogP contribution in [0.4, 0.5) is 0 Å². The van der Waals surface area contributed by atoms with E-state index >= 15 is 0 Å². The Balaban J connectivity index is 1.71. The topological polar surface area (TPSA) is 24.5 Å². The van der Waals surface area contributed by atoms with E-state index in [1.165, 1.54) is 32.5 Å². The molecule has 76 valence electrons. The lowest BCUT2D eigenvalue weighted by Crippen LogP contribution is -2.40. The summed E-state index contributed by atoms with van der Waals surface area (Å²) in [6, 6.07) is 0. The SMILES string of the molecule is CC1(CCN2CCCC2)NCCO1. The van der Waals surface area contributed by atoms with Crippen LogP contribution in [-0.4, -0.2) is 43.4 Å².